The van der Waals surface area contributed by atoms with Gasteiger partial charge in [0, 0.05) is 24.5 Å². The quantitative estimate of drug-likeness (QED) is 0.430. The van der Waals surface area contributed by atoms with E-state index in [2.05, 4.69) is 27.5 Å². The maximum Gasteiger partial charge on any atom is 0.322 e. The number of fused-ring (bicyclic) bond motifs is 1. The molecule has 1 aromatic heterocycles. The molecule has 5 rings (SSSR count). The van der Waals surface area contributed by atoms with Crippen LogP contribution in [-0.4, -0.2) is 40.9 Å². The highest BCUT2D eigenvalue weighted by molar-refractivity contribution is 6.08. The van der Waals surface area contributed by atoms with Gasteiger partial charge in [0.2, 0.25) is 0 Å². The van der Waals surface area contributed by atoms with E-state index in [0.717, 1.165) is 16.7 Å². The number of carbonyl (C=O) groups is 3. The smallest absolute Gasteiger partial charge is 0.322 e. The molecular formula is C27H22N4O4. The van der Waals surface area contributed by atoms with Gasteiger partial charge in [0.15, 0.2) is 5.54 Å². The average molecular weight is 466 g/mol. The topological polar surface area (TPSA) is 101 Å². The zero-order valence-corrected chi connectivity index (χ0v) is 19.0. The minimum absolute atomic E-state index is 0.00973. The number of imide groups is 1. The number of rotatable bonds is 6. The molecule has 1 saturated heterocycles. The SMILES string of the molecule is CC#CCOc1ccc2c(c1)C(=O)N(C[C@@]1(c3ccc(-c4ccncc4)cc3)NC(=O)NC1=O)C2. The Bertz CT molecular complexity index is 1380. The molecule has 3 aromatic rings. The van der Waals surface area contributed by atoms with Crippen LogP contribution in [0.5, 0.6) is 5.75 Å². The van der Waals surface area contributed by atoms with Crippen LogP contribution in [0.4, 0.5) is 4.79 Å². The Hall–Kier alpha value is -4.64. The summed E-state index contributed by atoms with van der Waals surface area (Å²) in [4.78, 5) is 44.1. The molecule has 4 amide bonds. The number of hydrogen-bond acceptors (Lipinski definition) is 5. The molecule has 8 heteroatoms. The Morgan fingerprint density at radius 1 is 1.03 bits per heavy atom. The highest BCUT2D eigenvalue weighted by Gasteiger charge is 2.50. The number of ether oxygens (including phenoxy) is 1. The fraction of sp³-hybridized carbons (Fsp3) is 0.185. The summed E-state index contributed by atoms with van der Waals surface area (Å²) in [5.74, 6) is 5.41. The number of hydrogen-bond donors (Lipinski definition) is 2. The molecule has 174 valence electrons. The van der Waals surface area contributed by atoms with Gasteiger partial charge in [-0.25, -0.2) is 4.79 Å². The summed E-state index contributed by atoms with van der Waals surface area (Å²) in [6.07, 6.45) is 3.42. The summed E-state index contributed by atoms with van der Waals surface area (Å²) in [6.45, 7) is 2.28. The Morgan fingerprint density at radius 2 is 1.77 bits per heavy atom. The number of pyridine rings is 1. The third-order valence-corrected chi connectivity index (χ3v) is 6.21. The Morgan fingerprint density at radius 3 is 2.46 bits per heavy atom. The van der Waals surface area contributed by atoms with Gasteiger partial charge < -0.3 is 15.0 Å². The van der Waals surface area contributed by atoms with Crippen LogP contribution in [0, 0.1) is 11.8 Å². The molecule has 0 radical (unpaired) electrons. The monoisotopic (exact) mass is 466 g/mol. The van der Waals surface area contributed by atoms with Crippen LogP contribution in [0.3, 0.4) is 0 Å². The molecule has 3 heterocycles. The Labute approximate surface area is 202 Å². The molecular weight excluding hydrogens is 444 g/mol. The normalized spacial score (nSPS) is 18.4. The molecule has 35 heavy (non-hydrogen) atoms. The van der Waals surface area contributed by atoms with Crippen molar-refractivity contribution >= 4 is 17.8 Å². The second-order valence-corrected chi connectivity index (χ2v) is 8.32. The molecule has 2 N–H and O–H groups in total. The fourth-order valence-electron chi connectivity index (χ4n) is 4.42. The van der Waals surface area contributed by atoms with Crippen LogP contribution < -0.4 is 15.4 Å². The van der Waals surface area contributed by atoms with Crippen molar-refractivity contribution in [3.63, 3.8) is 0 Å². The van der Waals surface area contributed by atoms with E-state index in [-0.39, 0.29) is 19.1 Å². The molecule has 1 fully saturated rings. The van der Waals surface area contributed by atoms with Gasteiger partial charge in [-0.2, -0.15) is 0 Å². The number of aromatic nitrogens is 1. The minimum Gasteiger partial charge on any atom is -0.481 e. The van der Waals surface area contributed by atoms with Crippen molar-refractivity contribution in [1.82, 2.24) is 20.5 Å². The first kappa shape index (κ1) is 22.2. The predicted molar refractivity (Wildman–Crippen MR) is 128 cm³/mol. The molecule has 2 aliphatic heterocycles. The van der Waals surface area contributed by atoms with Crippen LogP contribution in [0.25, 0.3) is 11.1 Å². The maximum absolute atomic E-state index is 13.3. The summed E-state index contributed by atoms with van der Waals surface area (Å²) >= 11 is 0. The molecule has 0 spiro atoms. The first-order chi connectivity index (χ1) is 17.0. The van der Waals surface area contributed by atoms with Crippen molar-refractivity contribution in [3.8, 4) is 28.7 Å². The van der Waals surface area contributed by atoms with Crippen molar-refractivity contribution in [2.75, 3.05) is 13.2 Å². The van der Waals surface area contributed by atoms with Gasteiger partial charge in [0.25, 0.3) is 11.8 Å². The lowest BCUT2D eigenvalue weighted by molar-refractivity contribution is -0.124. The summed E-state index contributed by atoms with van der Waals surface area (Å²) < 4.78 is 5.59. The van der Waals surface area contributed by atoms with Gasteiger partial charge in [-0.3, -0.25) is 19.9 Å². The number of benzene rings is 2. The molecule has 0 saturated carbocycles. The lowest BCUT2D eigenvalue weighted by atomic mass is 9.88. The second-order valence-electron chi connectivity index (χ2n) is 8.32. The van der Waals surface area contributed by atoms with Crippen molar-refractivity contribution < 1.29 is 19.1 Å². The zero-order valence-electron chi connectivity index (χ0n) is 19.0. The second kappa shape index (κ2) is 8.95. The number of nitrogens with one attached hydrogen (secondary N) is 2. The highest BCUT2D eigenvalue weighted by Crippen LogP contribution is 2.33. The van der Waals surface area contributed by atoms with Crippen molar-refractivity contribution in [2.24, 2.45) is 0 Å². The van der Waals surface area contributed by atoms with Gasteiger partial charge >= 0.3 is 6.03 Å². The van der Waals surface area contributed by atoms with E-state index in [9.17, 15) is 14.4 Å². The fourth-order valence-corrected chi connectivity index (χ4v) is 4.42. The third-order valence-electron chi connectivity index (χ3n) is 6.21. The number of carbonyl (C=O) groups excluding carboxylic acids is 3. The van der Waals surface area contributed by atoms with Crippen LogP contribution in [0.1, 0.15) is 28.4 Å². The maximum atomic E-state index is 13.3. The van der Waals surface area contributed by atoms with Gasteiger partial charge in [0.1, 0.15) is 12.4 Å². The zero-order chi connectivity index (χ0) is 24.4. The summed E-state index contributed by atoms with van der Waals surface area (Å²) in [6, 6.07) is 15.9. The lowest BCUT2D eigenvalue weighted by Crippen LogP contribution is -2.52. The van der Waals surface area contributed by atoms with E-state index in [1.54, 1.807) is 48.5 Å². The summed E-state index contributed by atoms with van der Waals surface area (Å²) in [5.41, 5.74) is 2.46. The summed E-state index contributed by atoms with van der Waals surface area (Å²) in [7, 11) is 0. The van der Waals surface area contributed by atoms with E-state index >= 15 is 0 Å². The number of nitrogens with zero attached hydrogens (tertiary/aromatic N) is 2. The molecule has 2 aromatic carbocycles. The predicted octanol–water partition coefficient (Wildman–Crippen LogP) is 2.84. The number of amides is 4. The van der Waals surface area contributed by atoms with Crippen molar-refractivity contribution in [3.05, 3.63) is 83.7 Å². The van der Waals surface area contributed by atoms with Crippen LogP contribution >= 0.6 is 0 Å². The largest absolute Gasteiger partial charge is 0.481 e. The summed E-state index contributed by atoms with van der Waals surface area (Å²) in [5, 5.41) is 5.10. The lowest BCUT2D eigenvalue weighted by Gasteiger charge is -2.31. The van der Waals surface area contributed by atoms with Gasteiger partial charge in [-0.1, -0.05) is 36.3 Å². The van der Waals surface area contributed by atoms with Gasteiger partial charge in [0.05, 0.1) is 6.54 Å². The van der Waals surface area contributed by atoms with Gasteiger partial charge in [-0.15, -0.1) is 5.92 Å². The minimum atomic E-state index is -1.40. The molecule has 0 bridgehead atoms. The molecule has 0 aliphatic carbocycles. The van der Waals surface area contributed by atoms with Crippen LogP contribution in [0.15, 0.2) is 67.0 Å². The number of urea groups is 1. The van der Waals surface area contributed by atoms with E-state index < -0.39 is 17.5 Å². The molecule has 2 aliphatic rings. The van der Waals surface area contributed by atoms with Crippen LogP contribution in [0.2, 0.25) is 0 Å². The molecule has 0 unspecified atom stereocenters. The van der Waals surface area contributed by atoms with Crippen LogP contribution in [-0.2, 0) is 16.9 Å². The molecule has 8 nitrogen and oxygen atoms in total. The Kier molecular flexibility index (Phi) is 5.67. The van der Waals surface area contributed by atoms with Gasteiger partial charge in [-0.05, 0) is 53.4 Å². The van der Waals surface area contributed by atoms with E-state index in [1.807, 2.05) is 30.3 Å². The van der Waals surface area contributed by atoms with E-state index in [1.165, 1.54) is 0 Å². The Balaban J connectivity index is 1.42. The van der Waals surface area contributed by atoms with Crippen molar-refractivity contribution in [2.45, 2.75) is 19.0 Å². The standard InChI is InChI=1S/C27H22N4O4/c1-2-3-14-35-22-9-6-20-16-31(24(32)23(20)15-22)17-27(25(33)29-26(34)30-27)21-7-4-18(5-8-21)19-10-12-28-13-11-19/h4-13,15H,14,16-17H2,1H3,(H2,29,30,33,34)/t27-/m0/s1. The average Bonchev–Trinajstić information content (AvgIpc) is 3.34. The van der Waals surface area contributed by atoms with Crippen molar-refractivity contribution in [1.29, 1.82) is 0 Å². The first-order valence-corrected chi connectivity index (χ1v) is 11.1. The van der Waals surface area contributed by atoms with E-state index in [0.29, 0.717) is 23.4 Å². The highest BCUT2D eigenvalue weighted by atomic mass is 16.5. The first-order valence-electron chi connectivity index (χ1n) is 11.1. The van der Waals surface area contributed by atoms with E-state index in [4.69, 9.17) is 4.74 Å². The third kappa shape index (κ3) is 4.08. The molecule has 1 atom stereocenters.